The number of nitrogens with one attached hydrogen (secondary N) is 1. The van der Waals surface area contributed by atoms with Crippen molar-refractivity contribution in [2.24, 2.45) is 0 Å². The maximum atomic E-state index is 12.6. The van der Waals surface area contributed by atoms with E-state index in [4.69, 9.17) is 4.42 Å². The van der Waals surface area contributed by atoms with E-state index in [-0.39, 0.29) is 11.7 Å². The Hall–Kier alpha value is -3.18. The quantitative estimate of drug-likeness (QED) is 0.433. The smallest absolute Gasteiger partial charge is 0.256 e. The first-order valence-corrected chi connectivity index (χ1v) is 9.10. The lowest BCUT2D eigenvalue weighted by molar-refractivity contribution is 0.101. The zero-order valence-corrected chi connectivity index (χ0v) is 15.7. The van der Waals surface area contributed by atoms with Crippen molar-refractivity contribution in [1.29, 1.82) is 0 Å². The van der Waals surface area contributed by atoms with Crippen LogP contribution in [0, 0.1) is 0 Å². The van der Waals surface area contributed by atoms with Crippen LogP contribution >= 0.6 is 15.9 Å². The third kappa shape index (κ3) is 3.55. The molecule has 1 heterocycles. The van der Waals surface area contributed by atoms with Crippen LogP contribution in [0.1, 0.15) is 26.5 Å². The van der Waals surface area contributed by atoms with Crippen molar-refractivity contribution in [2.45, 2.75) is 0 Å². The monoisotopic (exact) mass is 419 g/mol. The van der Waals surface area contributed by atoms with Crippen LogP contribution in [0.2, 0.25) is 0 Å². The number of fused-ring (bicyclic) bond motifs is 1. The Bertz CT molecular complexity index is 1110. The fraction of sp³-hybridized carbons (Fsp3) is 0. The van der Waals surface area contributed by atoms with Crippen LogP contribution in [-0.4, -0.2) is 11.7 Å². The summed E-state index contributed by atoms with van der Waals surface area (Å²) < 4.78 is 6.35. The lowest BCUT2D eigenvalue weighted by Gasteiger charge is -2.07. The molecule has 0 saturated heterocycles. The summed E-state index contributed by atoms with van der Waals surface area (Å²) >= 11 is 3.37. The molecule has 132 valence electrons. The molecule has 4 aromatic rings. The van der Waals surface area contributed by atoms with Crippen molar-refractivity contribution in [3.8, 4) is 0 Å². The fourth-order valence-corrected chi connectivity index (χ4v) is 3.25. The number of hydrogen-bond donors (Lipinski definition) is 1. The van der Waals surface area contributed by atoms with Gasteiger partial charge in [-0.1, -0.05) is 30.3 Å². The minimum Gasteiger partial charge on any atom is -0.453 e. The summed E-state index contributed by atoms with van der Waals surface area (Å²) in [4.78, 5) is 25.0. The van der Waals surface area contributed by atoms with E-state index < -0.39 is 0 Å². The maximum Gasteiger partial charge on any atom is 0.256 e. The van der Waals surface area contributed by atoms with Crippen LogP contribution in [0.25, 0.3) is 11.0 Å². The van der Waals surface area contributed by atoms with Gasteiger partial charge in [-0.3, -0.25) is 9.59 Å². The van der Waals surface area contributed by atoms with Crippen LogP contribution < -0.4 is 5.32 Å². The van der Waals surface area contributed by atoms with Gasteiger partial charge in [0, 0.05) is 21.1 Å². The topological polar surface area (TPSA) is 59.3 Å². The predicted molar refractivity (Wildman–Crippen MR) is 108 cm³/mol. The van der Waals surface area contributed by atoms with Crippen LogP contribution in [0.15, 0.2) is 87.8 Å². The molecule has 0 unspecified atom stereocenters. The van der Waals surface area contributed by atoms with Crippen LogP contribution in [-0.2, 0) is 0 Å². The van der Waals surface area contributed by atoms with Gasteiger partial charge < -0.3 is 9.73 Å². The molecule has 0 aliphatic carbocycles. The molecule has 27 heavy (non-hydrogen) atoms. The number of amides is 1. The van der Waals surface area contributed by atoms with Crippen molar-refractivity contribution in [3.05, 3.63) is 100 Å². The number of halogens is 1. The Morgan fingerprint density at radius 1 is 0.852 bits per heavy atom. The highest BCUT2D eigenvalue weighted by Gasteiger charge is 2.15. The summed E-state index contributed by atoms with van der Waals surface area (Å²) in [6.07, 6.45) is 0. The number of rotatable bonds is 4. The van der Waals surface area contributed by atoms with E-state index in [1.807, 2.05) is 36.4 Å². The maximum absolute atomic E-state index is 12.6. The summed E-state index contributed by atoms with van der Waals surface area (Å²) in [5, 5.41) is 3.71. The second-order valence-electron chi connectivity index (χ2n) is 5.99. The fourth-order valence-electron chi connectivity index (χ4n) is 2.78. The third-order valence-electron chi connectivity index (χ3n) is 4.17. The molecule has 0 fully saturated rings. The summed E-state index contributed by atoms with van der Waals surface area (Å²) in [6.45, 7) is 0. The molecule has 1 aromatic heterocycles. The zero-order chi connectivity index (χ0) is 18.8. The Kier molecular flexibility index (Phi) is 4.60. The second kappa shape index (κ2) is 7.21. The molecule has 3 aromatic carbocycles. The van der Waals surface area contributed by atoms with E-state index in [1.165, 1.54) is 0 Å². The number of para-hydroxylation sites is 1. The number of carbonyl (C=O) groups excluding carboxylic acids is 2. The number of furan rings is 1. The van der Waals surface area contributed by atoms with Crippen molar-refractivity contribution in [1.82, 2.24) is 0 Å². The largest absolute Gasteiger partial charge is 0.453 e. The lowest BCUT2D eigenvalue weighted by Crippen LogP contribution is -2.12. The highest BCUT2D eigenvalue weighted by atomic mass is 79.9. The minimum atomic E-state index is -0.223. The van der Waals surface area contributed by atoms with Gasteiger partial charge in [0.25, 0.3) is 5.91 Å². The standard InChI is InChI=1S/C22H14BrNO3/c23-18-7-3-2-6-17(18)22(26)24-16-11-9-14(10-12-16)21(25)20-13-15-5-1-4-8-19(15)27-20/h1-13H,(H,24,26). The second-order valence-corrected chi connectivity index (χ2v) is 6.84. The van der Waals surface area contributed by atoms with Gasteiger partial charge in [-0.05, 0) is 64.5 Å². The van der Waals surface area contributed by atoms with E-state index in [2.05, 4.69) is 21.2 Å². The first kappa shape index (κ1) is 17.2. The van der Waals surface area contributed by atoms with Crippen LogP contribution in [0.5, 0.6) is 0 Å². The van der Waals surface area contributed by atoms with Gasteiger partial charge in [0.15, 0.2) is 5.76 Å². The number of carbonyl (C=O) groups is 2. The van der Waals surface area contributed by atoms with Gasteiger partial charge >= 0.3 is 0 Å². The van der Waals surface area contributed by atoms with Gasteiger partial charge in [-0.2, -0.15) is 0 Å². The molecule has 5 heteroatoms. The lowest BCUT2D eigenvalue weighted by atomic mass is 10.1. The minimum absolute atomic E-state index is 0.199. The normalized spacial score (nSPS) is 10.7. The summed E-state index contributed by atoms with van der Waals surface area (Å²) in [7, 11) is 0. The van der Waals surface area contributed by atoms with Crippen molar-refractivity contribution in [3.63, 3.8) is 0 Å². The zero-order valence-electron chi connectivity index (χ0n) is 14.1. The van der Waals surface area contributed by atoms with Crippen molar-refractivity contribution < 1.29 is 14.0 Å². The van der Waals surface area contributed by atoms with Gasteiger partial charge in [-0.25, -0.2) is 0 Å². The molecule has 0 spiro atoms. The summed E-state index contributed by atoms with van der Waals surface area (Å²) in [5.74, 6) is -0.130. The average Bonchev–Trinajstić information content (AvgIpc) is 3.12. The number of hydrogen-bond acceptors (Lipinski definition) is 3. The number of ketones is 1. The molecule has 0 radical (unpaired) electrons. The molecule has 0 bridgehead atoms. The predicted octanol–water partition coefficient (Wildman–Crippen LogP) is 5.68. The van der Waals surface area contributed by atoms with Gasteiger partial charge in [-0.15, -0.1) is 0 Å². The molecule has 0 atom stereocenters. The van der Waals surface area contributed by atoms with Gasteiger partial charge in [0.1, 0.15) is 5.58 Å². The number of anilines is 1. The first-order valence-electron chi connectivity index (χ1n) is 8.31. The average molecular weight is 420 g/mol. The Labute approximate surface area is 163 Å². The molecular weight excluding hydrogens is 406 g/mol. The molecule has 0 saturated carbocycles. The highest BCUT2D eigenvalue weighted by molar-refractivity contribution is 9.10. The summed E-state index contributed by atoms with van der Waals surface area (Å²) in [5.41, 5.74) is 2.32. The molecule has 1 amide bonds. The molecule has 1 N–H and O–H groups in total. The Morgan fingerprint density at radius 2 is 1.56 bits per heavy atom. The van der Waals surface area contributed by atoms with Crippen molar-refractivity contribution >= 4 is 44.3 Å². The van der Waals surface area contributed by atoms with E-state index in [1.54, 1.807) is 42.5 Å². The third-order valence-corrected chi connectivity index (χ3v) is 4.86. The van der Waals surface area contributed by atoms with Crippen molar-refractivity contribution in [2.75, 3.05) is 5.32 Å². The van der Waals surface area contributed by atoms with Gasteiger partial charge in [0.2, 0.25) is 5.78 Å². The Morgan fingerprint density at radius 3 is 2.30 bits per heavy atom. The molecule has 0 aliphatic rings. The molecular formula is C22H14BrNO3. The van der Waals surface area contributed by atoms with Gasteiger partial charge in [0.05, 0.1) is 5.56 Å². The molecule has 0 aliphatic heterocycles. The van der Waals surface area contributed by atoms with E-state index in [0.29, 0.717) is 28.2 Å². The van der Waals surface area contributed by atoms with E-state index in [0.717, 1.165) is 9.86 Å². The van der Waals surface area contributed by atoms with Crippen LogP contribution in [0.3, 0.4) is 0 Å². The first-order chi connectivity index (χ1) is 13.1. The van der Waals surface area contributed by atoms with E-state index in [9.17, 15) is 9.59 Å². The molecule has 4 rings (SSSR count). The molecule has 4 nitrogen and oxygen atoms in total. The highest BCUT2D eigenvalue weighted by Crippen LogP contribution is 2.22. The van der Waals surface area contributed by atoms with Crippen LogP contribution in [0.4, 0.5) is 5.69 Å². The van der Waals surface area contributed by atoms with E-state index >= 15 is 0 Å². The summed E-state index contributed by atoms with van der Waals surface area (Å²) in [6, 6.07) is 23.2. The Balaban J connectivity index is 1.52. The number of benzene rings is 3. The SMILES string of the molecule is O=C(c1ccc(NC(=O)c2ccccc2Br)cc1)c1cc2ccccc2o1.